The summed E-state index contributed by atoms with van der Waals surface area (Å²) in [6.45, 7) is 2.06. The molecule has 0 radical (unpaired) electrons. The molecule has 0 atom stereocenters. The van der Waals surface area contributed by atoms with E-state index in [9.17, 15) is 0 Å². The van der Waals surface area contributed by atoms with Gasteiger partial charge >= 0.3 is 0 Å². The Morgan fingerprint density at radius 1 is 1.29 bits per heavy atom. The van der Waals surface area contributed by atoms with E-state index < -0.39 is 0 Å². The molecule has 0 aromatic heterocycles. The zero-order valence-electron chi connectivity index (χ0n) is 8.37. The zero-order chi connectivity index (χ0) is 10.2. The van der Waals surface area contributed by atoms with Crippen LogP contribution >= 0.6 is 0 Å². The molecule has 3 nitrogen and oxygen atoms in total. The molecule has 0 aliphatic carbocycles. The van der Waals surface area contributed by atoms with Crippen LogP contribution in [0.25, 0.3) is 0 Å². The Kier molecular flexibility index (Phi) is 5.04. The van der Waals surface area contributed by atoms with Crippen molar-refractivity contribution < 1.29 is 5.11 Å². The van der Waals surface area contributed by atoms with E-state index in [0.29, 0.717) is 0 Å². The van der Waals surface area contributed by atoms with Crippen LogP contribution in [0.3, 0.4) is 0 Å². The Labute approximate surface area is 84.9 Å². The van der Waals surface area contributed by atoms with E-state index in [2.05, 4.69) is 11.4 Å². The molecule has 0 bridgehead atoms. The summed E-state index contributed by atoms with van der Waals surface area (Å²) in [5.41, 5.74) is 7.73. The van der Waals surface area contributed by atoms with Gasteiger partial charge in [0.15, 0.2) is 0 Å². The smallest absolute Gasteiger partial charge is 0.0443 e. The van der Waals surface area contributed by atoms with E-state index in [1.165, 1.54) is 5.56 Å². The summed E-state index contributed by atoms with van der Waals surface area (Å²) in [5, 5.41) is 11.8. The highest BCUT2D eigenvalue weighted by Gasteiger charge is 1.93. The lowest BCUT2D eigenvalue weighted by atomic mass is 10.1. The van der Waals surface area contributed by atoms with Crippen molar-refractivity contribution in [2.75, 3.05) is 25.4 Å². The first kappa shape index (κ1) is 11.0. The third-order valence-corrected chi connectivity index (χ3v) is 2.05. The van der Waals surface area contributed by atoms with Crippen LogP contribution in [0.2, 0.25) is 0 Å². The summed E-state index contributed by atoms with van der Waals surface area (Å²) in [7, 11) is 0. The van der Waals surface area contributed by atoms with Crippen LogP contribution in [-0.4, -0.2) is 24.8 Å². The van der Waals surface area contributed by atoms with Gasteiger partial charge in [0, 0.05) is 12.3 Å². The summed E-state index contributed by atoms with van der Waals surface area (Å²) in [6.07, 6.45) is 1.80. The summed E-state index contributed by atoms with van der Waals surface area (Å²) in [4.78, 5) is 0. The molecule has 0 aliphatic rings. The van der Waals surface area contributed by atoms with Crippen LogP contribution in [0.4, 0.5) is 5.69 Å². The van der Waals surface area contributed by atoms with Crippen molar-refractivity contribution in [3.63, 3.8) is 0 Å². The van der Waals surface area contributed by atoms with Gasteiger partial charge in [0.2, 0.25) is 0 Å². The van der Waals surface area contributed by atoms with Crippen molar-refractivity contribution in [1.82, 2.24) is 5.32 Å². The van der Waals surface area contributed by atoms with E-state index in [1.54, 1.807) is 0 Å². The molecule has 4 N–H and O–H groups in total. The lowest BCUT2D eigenvalue weighted by molar-refractivity contribution is 0.286. The van der Waals surface area contributed by atoms with Gasteiger partial charge in [-0.1, -0.05) is 12.1 Å². The van der Waals surface area contributed by atoms with Crippen LogP contribution in [0, 0.1) is 0 Å². The molecule has 1 aromatic carbocycles. The first-order valence-electron chi connectivity index (χ1n) is 4.99. The summed E-state index contributed by atoms with van der Waals surface area (Å²) >= 11 is 0. The summed E-state index contributed by atoms with van der Waals surface area (Å²) in [5.74, 6) is 0. The van der Waals surface area contributed by atoms with Gasteiger partial charge in [0.05, 0.1) is 0 Å². The maximum absolute atomic E-state index is 8.56. The number of nitrogen functional groups attached to an aromatic ring is 1. The minimum atomic E-state index is 0.255. The monoisotopic (exact) mass is 194 g/mol. The van der Waals surface area contributed by atoms with Crippen LogP contribution in [0.1, 0.15) is 12.0 Å². The number of anilines is 1. The van der Waals surface area contributed by atoms with E-state index >= 15 is 0 Å². The predicted molar refractivity (Wildman–Crippen MR) is 59.1 cm³/mol. The molecular formula is C11H18N2O. The van der Waals surface area contributed by atoms with Crippen LogP contribution in [-0.2, 0) is 6.42 Å². The quantitative estimate of drug-likeness (QED) is 0.463. The molecule has 0 fully saturated rings. The number of rotatable bonds is 6. The Hall–Kier alpha value is -1.06. The van der Waals surface area contributed by atoms with Crippen molar-refractivity contribution in [2.24, 2.45) is 0 Å². The fourth-order valence-corrected chi connectivity index (χ4v) is 1.31. The second kappa shape index (κ2) is 6.40. The van der Waals surface area contributed by atoms with Crippen molar-refractivity contribution in [3.05, 3.63) is 29.8 Å². The molecular weight excluding hydrogens is 176 g/mol. The molecule has 14 heavy (non-hydrogen) atoms. The number of nitrogens with one attached hydrogen (secondary N) is 1. The van der Waals surface area contributed by atoms with E-state index in [0.717, 1.165) is 31.6 Å². The number of hydrogen-bond donors (Lipinski definition) is 3. The third kappa shape index (κ3) is 4.25. The highest BCUT2D eigenvalue weighted by Crippen LogP contribution is 2.06. The van der Waals surface area contributed by atoms with E-state index in [1.807, 2.05) is 18.2 Å². The predicted octanol–water partition coefficient (Wildman–Crippen LogP) is 0.783. The molecule has 3 heteroatoms. The van der Waals surface area contributed by atoms with Gasteiger partial charge in [-0.3, -0.25) is 0 Å². The number of benzene rings is 1. The minimum Gasteiger partial charge on any atom is -0.399 e. The highest BCUT2D eigenvalue weighted by atomic mass is 16.3. The lowest BCUT2D eigenvalue weighted by Gasteiger charge is -2.04. The van der Waals surface area contributed by atoms with Gasteiger partial charge in [-0.15, -0.1) is 0 Å². The fourth-order valence-electron chi connectivity index (χ4n) is 1.31. The first-order valence-corrected chi connectivity index (χ1v) is 4.99. The minimum absolute atomic E-state index is 0.255. The normalized spacial score (nSPS) is 10.4. The molecule has 0 amide bonds. The van der Waals surface area contributed by atoms with Gasteiger partial charge in [0.1, 0.15) is 0 Å². The topological polar surface area (TPSA) is 58.3 Å². The second-order valence-electron chi connectivity index (χ2n) is 3.32. The average Bonchev–Trinajstić information content (AvgIpc) is 2.18. The molecule has 0 saturated carbocycles. The molecule has 1 aromatic rings. The van der Waals surface area contributed by atoms with Crippen molar-refractivity contribution in [2.45, 2.75) is 12.8 Å². The SMILES string of the molecule is Nc1cccc(CCNCCCO)c1. The second-order valence-corrected chi connectivity index (χ2v) is 3.32. The van der Waals surface area contributed by atoms with E-state index in [4.69, 9.17) is 10.8 Å². The molecule has 1 rings (SSSR count). The zero-order valence-corrected chi connectivity index (χ0v) is 8.37. The van der Waals surface area contributed by atoms with Crippen molar-refractivity contribution >= 4 is 5.69 Å². The maximum Gasteiger partial charge on any atom is 0.0443 e. The van der Waals surface area contributed by atoms with Gasteiger partial charge in [0.25, 0.3) is 0 Å². The van der Waals surface area contributed by atoms with Crippen molar-refractivity contribution in [3.8, 4) is 0 Å². The fraction of sp³-hybridized carbons (Fsp3) is 0.455. The van der Waals surface area contributed by atoms with Crippen LogP contribution in [0.15, 0.2) is 24.3 Å². The van der Waals surface area contributed by atoms with Gasteiger partial charge in [-0.2, -0.15) is 0 Å². The van der Waals surface area contributed by atoms with Gasteiger partial charge in [-0.05, 0) is 43.6 Å². The highest BCUT2D eigenvalue weighted by molar-refractivity contribution is 5.40. The molecule has 78 valence electrons. The molecule has 0 aliphatic heterocycles. The molecule has 0 spiro atoms. The first-order chi connectivity index (χ1) is 6.83. The van der Waals surface area contributed by atoms with Crippen LogP contribution in [0.5, 0.6) is 0 Å². The molecule has 0 heterocycles. The Bertz CT molecular complexity index is 263. The summed E-state index contributed by atoms with van der Waals surface area (Å²) in [6, 6.07) is 7.93. The molecule has 0 saturated heterocycles. The average molecular weight is 194 g/mol. The third-order valence-electron chi connectivity index (χ3n) is 2.05. The number of nitrogens with two attached hydrogens (primary N) is 1. The number of aliphatic hydroxyl groups is 1. The van der Waals surface area contributed by atoms with Gasteiger partial charge in [-0.25, -0.2) is 0 Å². The standard InChI is InChI=1S/C11H18N2O/c12-11-4-1-3-10(9-11)5-7-13-6-2-8-14/h1,3-4,9,13-14H,2,5-8,12H2. The Morgan fingerprint density at radius 3 is 2.86 bits per heavy atom. The Morgan fingerprint density at radius 2 is 2.14 bits per heavy atom. The molecule has 0 unspecified atom stereocenters. The Balaban J connectivity index is 2.18. The summed E-state index contributed by atoms with van der Waals surface area (Å²) < 4.78 is 0. The van der Waals surface area contributed by atoms with Crippen molar-refractivity contribution in [1.29, 1.82) is 0 Å². The number of hydrogen-bond acceptors (Lipinski definition) is 3. The largest absolute Gasteiger partial charge is 0.399 e. The van der Waals surface area contributed by atoms with Gasteiger partial charge < -0.3 is 16.2 Å². The maximum atomic E-state index is 8.56. The number of aliphatic hydroxyl groups excluding tert-OH is 1. The van der Waals surface area contributed by atoms with E-state index in [-0.39, 0.29) is 6.61 Å². The van der Waals surface area contributed by atoms with Crippen LogP contribution < -0.4 is 11.1 Å². The lowest BCUT2D eigenvalue weighted by Crippen LogP contribution is -2.19.